The van der Waals surface area contributed by atoms with E-state index in [9.17, 15) is 4.79 Å². The molecule has 0 unspecified atom stereocenters. The van der Waals surface area contributed by atoms with Crippen LogP contribution in [0.3, 0.4) is 0 Å². The van der Waals surface area contributed by atoms with Crippen molar-refractivity contribution >= 4 is 5.91 Å². The van der Waals surface area contributed by atoms with E-state index in [2.05, 4.69) is 13.8 Å². The second kappa shape index (κ2) is 7.68. The number of nitrogens with zero attached hydrogens (tertiary/aromatic N) is 1. The van der Waals surface area contributed by atoms with Crippen molar-refractivity contribution in [1.29, 1.82) is 0 Å². The zero-order valence-electron chi connectivity index (χ0n) is 14.6. The molecule has 128 valence electrons. The Morgan fingerprint density at radius 3 is 2.65 bits per heavy atom. The van der Waals surface area contributed by atoms with Crippen molar-refractivity contribution in [1.82, 2.24) is 4.90 Å². The molecule has 1 fully saturated rings. The summed E-state index contributed by atoms with van der Waals surface area (Å²) in [5.74, 6) is 1.66. The summed E-state index contributed by atoms with van der Waals surface area (Å²) < 4.78 is 16.0. The van der Waals surface area contributed by atoms with E-state index in [0.29, 0.717) is 26.2 Å². The topological polar surface area (TPSA) is 48.0 Å². The van der Waals surface area contributed by atoms with Gasteiger partial charge in [-0.1, -0.05) is 6.07 Å². The van der Waals surface area contributed by atoms with Crippen molar-refractivity contribution in [2.75, 3.05) is 34.0 Å². The lowest BCUT2D eigenvalue weighted by Crippen LogP contribution is -2.55. The summed E-state index contributed by atoms with van der Waals surface area (Å²) in [4.78, 5) is 14.4. The quantitative estimate of drug-likeness (QED) is 0.808. The van der Waals surface area contributed by atoms with E-state index >= 15 is 0 Å². The molecule has 0 aliphatic carbocycles. The van der Waals surface area contributed by atoms with Crippen molar-refractivity contribution in [3.8, 4) is 11.5 Å². The molecule has 1 aliphatic heterocycles. The van der Waals surface area contributed by atoms with Crippen molar-refractivity contribution in [2.45, 2.75) is 38.6 Å². The average Bonchev–Trinajstić information content (AvgIpc) is 2.54. The molecule has 1 aromatic carbocycles. The maximum Gasteiger partial charge on any atom is 0.223 e. The van der Waals surface area contributed by atoms with Gasteiger partial charge in [-0.05, 0) is 44.4 Å². The van der Waals surface area contributed by atoms with Crippen LogP contribution >= 0.6 is 0 Å². The number of carbonyl (C=O) groups is 1. The Labute approximate surface area is 138 Å². The van der Waals surface area contributed by atoms with E-state index in [0.717, 1.165) is 29.9 Å². The summed E-state index contributed by atoms with van der Waals surface area (Å²) in [5, 5.41) is 0. The number of amides is 1. The summed E-state index contributed by atoms with van der Waals surface area (Å²) in [5.41, 5.74) is 0.940. The minimum atomic E-state index is -0.210. The van der Waals surface area contributed by atoms with Crippen molar-refractivity contribution in [3.63, 3.8) is 0 Å². The molecular weight excluding hydrogens is 294 g/mol. The third-order valence-corrected chi connectivity index (χ3v) is 4.25. The van der Waals surface area contributed by atoms with Gasteiger partial charge in [0.2, 0.25) is 5.91 Å². The minimum Gasteiger partial charge on any atom is -0.493 e. The standard InChI is InChI=1S/C18H27NO4/c1-18(2)13-23-11-10-19(18)17(20)7-5-6-14-8-9-15(21-3)16(12-14)22-4/h8-9,12H,5-7,10-11,13H2,1-4H3. The molecule has 1 saturated heterocycles. The lowest BCUT2D eigenvalue weighted by atomic mass is 10.0. The molecule has 1 amide bonds. The molecule has 0 bridgehead atoms. The fraction of sp³-hybridized carbons (Fsp3) is 0.611. The zero-order valence-corrected chi connectivity index (χ0v) is 14.6. The summed E-state index contributed by atoms with van der Waals surface area (Å²) in [6.45, 7) is 6.03. The van der Waals surface area contributed by atoms with Crippen LogP contribution in [0.4, 0.5) is 0 Å². The largest absolute Gasteiger partial charge is 0.493 e. The Kier molecular flexibility index (Phi) is 5.88. The first-order valence-electron chi connectivity index (χ1n) is 8.07. The van der Waals surface area contributed by atoms with Crippen LogP contribution in [0.15, 0.2) is 18.2 Å². The van der Waals surface area contributed by atoms with Gasteiger partial charge in [-0.15, -0.1) is 0 Å². The number of hydrogen-bond donors (Lipinski definition) is 0. The van der Waals surface area contributed by atoms with Crippen LogP contribution in [-0.2, 0) is 16.0 Å². The highest BCUT2D eigenvalue weighted by Gasteiger charge is 2.33. The van der Waals surface area contributed by atoms with Crippen LogP contribution in [0.1, 0.15) is 32.3 Å². The normalized spacial score (nSPS) is 17.0. The Hall–Kier alpha value is -1.75. The lowest BCUT2D eigenvalue weighted by molar-refractivity contribution is -0.146. The number of ether oxygens (including phenoxy) is 3. The first kappa shape index (κ1) is 17.6. The molecule has 0 saturated carbocycles. The van der Waals surface area contributed by atoms with Gasteiger partial charge in [-0.2, -0.15) is 0 Å². The second-order valence-corrected chi connectivity index (χ2v) is 6.45. The molecule has 0 aromatic heterocycles. The second-order valence-electron chi connectivity index (χ2n) is 6.45. The van der Waals surface area contributed by atoms with Crippen LogP contribution in [0, 0.1) is 0 Å². The molecule has 23 heavy (non-hydrogen) atoms. The number of rotatable bonds is 6. The van der Waals surface area contributed by atoms with E-state index in [1.807, 2.05) is 23.1 Å². The van der Waals surface area contributed by atoms with Crippen molar-refractivity contribution < 1.29 is 19.0 Å². The van der Waals surface area contributed by atoms with E-state index < -0.39 is 0 Å². The predicted octanol–water partition coefficient (Wildman–Crippen LogP) is 2.66. The number of benzene rings is 1. The number of morpholine rings is 1. The Balaban J connectivity index is 1.88. The summed E-state index contributed by atoms with van der Waals surface area (Å²) in [6, 6.07) is 5.90. The molecule has 0 N–H and O–H groups in total. The lowest BCUT2D eigenvalue weighted by Gasteiger charge is -2.42. The fourth-order valence-corrected chi connectivity index (χ4v) is 2.94. The first-order valence-corrected chi connectivity index (χ1v) is 8.07. The third kappa shape index (κ3) is 4.38. The molecule has 1 heterocycles. The summed E-state index contributed by atoms with van der Waals surface area (Å²) in [6.07, 6.45) is 2.22. The average molecular weight is 321 g/mol. The molecule has 2 rings (SSSR count). The van der Waals surface area contributed by atoms with Crippen LogP contribution < -0.4 is 9.47 Å². The maximum atomic E-state index is 12.5. The van der Waals surface area contributed by atoms with Gasteiger partial charge in [0.15, 0.2) is 11.5 Å². The molecular formula is C18H27NO4. The fourth-order valence-electron chi connectivity index (χ4n) is 2.94. The van der Waals surface area contributed by atoms with Gasteiger partial charge in [-0.3, -0.25) is 4.79 Å². The highest BCUT2D eigenvalue weighted by atomic mass is 16.5. The monoisotopic (exact) mass is 321 g/mol. The highest BCUT2D eigenvalue weighted by Crippen LogP contribution is 2.28. The summed E-state index contributed by atoms with van der Waals surface area (Å²) >= 11 is 0. The van der Waals surface area contributed by atoms with E-state index in [4.69, 9.17) is 14.2 Å². The van der Waals surface area contributed by atoms with Gasteiger partial charge in [0.1, 0.15) is 0 Å². The van der Waals surface area contributed by atoms with Gasteiger partial charge < -0.3 is 19.1 Å². The molecule has 1 aliphatic rings. The van der Waals surface area contributed by atoms with Gasteiger partial charge in [0, 0.05) is 13.0 Å². The molecule has 0 radical (unpaired) electrons. The highest BCUT2D eigenvalue weighted by molar-refractivity contribution is 5.77. The molecule has 0 atom stereocenters. The maximum absolute atomic E-state index is 12.5. The van der Waals surface area contributed by atoms with Crippen molar-refractivity contribution in [2.24, 2.45) is 0 Å². The third-order valence-electron chi connectivity index (χ3n) is 4.25. The van der Waals surface area contributed by atoms with E-state index in [1.54, 1.807) is 14.2 Å². The van der Waals surface area contributed by atoms with Crippen molar-refractivity contribution in [3.05, 3.63) is 23.8 Å². The van der Waals surface area contributed by atoms with Gasteiger partial charge >= 0.3 is 0 Å². The molecule has 1 aromatic rings. The smallest absolute Gasteiger partial charge is 0.223 e. The summed E-state index contributed by atoms with van der Waals surface area (Å²) in [7, 11) is 3.26. The number of carbonyl (C=O) groups excluding carboxylic acids is 1. The number of methoxy groups -OCH3 is 2. The Bertz CT molecular complexity index is 542. The molecule has 5 heteroatoms. The zero-order chi connectivity index (χ0) is 16.9. The van der Waals surface area contributed by atoms with Crippen LogP contribution in [-0.4, -0.2) is 50.3 Å². The SMILES string of the molecule is COc1ccc(CCCC(=O)N2CCOCC2(C)C)cc1OC. The van der Waals surface area contributed by atoms with Crippen LogP contribution in [0.25, 0.3) is 0 Å². The molecule has 5 nitrogen and oxygen atoms in total. The Morgan fingerprint density at radius 2 is 2.00 bits per heavy atom. The van der Waals surface area contributed by atoms with E-state index in [1.165, 1.54) is 0 Å². The minimum absolute atomic E-state index is 0.207. The number of hydrogen-bond acceptors (Lipinski definition) is 4. The van der Waals surface area contributed by atoms with Crippen LogP contribution in [0.2, 0.25) is 0 Å². The van der Waals surface area contributed by atoms with Crippen LogP contribution in [0.5, 0.6) is 11.5 Å². The van der Waals surface area contributed by atoms with Gasteiger partial charge in [0.05, 0.1) is 33.0 Å². The Morgan fingerprint density at radius 1 is 1.26 bits per heavy atom. The predicted molar refractivity (Wildman–Crippen MR) is 89.1 cm³/mol. The molecule has 0 spiro atoms. The number of aryl methyl sites for hydroxylation is 1. The van der Waals surface area contributed by atoms with Gasteiger partial charge in [-0.25, -0.2) is 0 Å². The van der Waals surface area contributed by atoms with E-state index in [-0.39, 0.29) is 11.4 Å². The van der Waals surface area contributed by atoms with Gasteiger partial charge in [0.25, 0.3) is 0 Å². The first-order chi connectivity index (χ1) is 11.0.